The summed E-state index contributed by atoms with van der Waals surface area (Å²) in [7, 11) is -0.670. The average molecular weight is 396 g/mol. The molecule has 0 radical (unpaired) electrons. The van der Waals surface area contributed by atoms with E-state index in [1.807, 2.05) is 0 Å². The summed E-state index contributed by atoms with van der Waals surface area (Å²) in [6.07, 6.45) is -4.86. The molecule has 1 fully saturated rings. The van der Waals surface area contributed by atoms with Crippen LogP contribution in [0, 0.1) is 5.92 Å². The van der Waals surface area contributed by atoms with Crippen molar-refractivity contribution in [3.8, 4) is 5.75 Å². The molecule has 0 aliphatic carbocycles. The first kappa shape index (κ1) is 20.5. The lowest BCUT2D eigenvalue weighted by molar-refractivity contribution is -0.274. The van der Waals surface area contributed by atoms with Crippen molar-refractivity contribution in [1.82, 2.24) is 9.62 Å². The Morgan fingerprint density at radius 1 is 1.35 bits per heavy atom. The van der Waals surface area contributed by atoms with E-state index in [4.69, 9.17) is 4.74 Å². The van der Waals surface area contributed by atoms with Crippen molar-refractivity contribution in [2.75, 3.05) is 33.1 Å². The van der Waals surface area contributed by atoms with Gasteiger partial charge in [0.2, 0.25) is 10.0 Å². The quantitative estimate of drug-likeness (QED) is 0.782. The predicted molar refractivity (Wildman–Crippen MR) is 86.2 cm³/mol. The minimum atomic E-state index is -4.86. The minimum Gasteiger partial charge on any atom is -0.406 e. The summed E-state index contributed by atoms with van der Waals surface area (Å²) in [6, 6.07) is 4.07. The van der Waals surface area contributed by atoms with E-state index in [0.29, 0.717) is 0 Å². The molecule has 0 bridgehead atoms. The first-order valence-corrected chi connectivity index (χ1v) is 9.23. The monoisotopic (exact) mass is 396 g/mol. The predicted octanol–water partition coefficient (Wildman–Crippen LogP) is 1.22. The Labute approximate surface area is 149 Å². The number of nitrogens with one attached hydrogen (secondary N) is 1. The normalized spacial score (nSPS) is 21.0. The van der Waals surface area contributed by atoms with Gasteiger partial charge in [-0.2, -0.15) is 0 Å². The molecule has 11 heteroatoms. The molecule has 0 spiro atoms. The van der Waals surface area contributed by atoms with E-state index < -0.39 is 40.0 Å². The number of benzene rings is 1. The molecule has 0 unspecified atom stereocenters. The van der Waals surface area contributed by atoms with Crippen LogP contribution in [0.15, 0.2) is 24.3 Å². The number of halogens is 3. The highest BCUT2D eigenvalue weighted by molar-refractivity contribution is 7.89. The zero-order chi connectivity index (χ0) is 19.5. The van der Waals surface area contributed by atoms with Gasteiger partial charge in [-0.1, -0.05) is 6.07 Å². The van der Waals surface area contributed by atoms with Crippen molar-refractivity contribution in [3.05, 3.63) is 29.8 Å². The fourth-order valence-electron chi connectivity index (χ4n) is 2.43. The second-order valence-electron chi connectivity index (χ2n) is 6.01. The SMILES string of the molecule is CN(C)S(=O)(=O)C[C@@H]1COC[C@H]1NC(=O)c1cccc(OC(F)(F)F)c1. The van der Waals surface area contributed by atoms with Gasteiger partial charge >= 0.3 is 6.36 Å². The number of sulfonamides is 1. The van der Waals surface area contributed by atoms with Gasteiger partial charge < -0.3 is 14.8 Å². The van der Waals surface area contributed by atoms with Crippen molar-refractivity contribution >= 4 is 15.9 Å². The molecule has 0 saturated carbocycles. The molecular formula is C15H19F3N2O5S. The Kier molecular flexibility index (Phi) is 6.14. The zero-order valence-corrected chi connectivity index (χ0v) is 14.9. The summed E-state index contributed by atoms with van der Waals surface area (Å²) < 4.78 is 70.9. The summed E-state index contributed by atoms with van der Waals surface area (Å²) in [5, 5.41) is 2.61. The topological polar surface area (TPSA) is 84.9 Å². The highest BCUT2D eigenvalue weighted by Crippen LogP contribution is 2.24. The number of alkyl halides is 3. The van der Waals surface area contributed by atoms with Crippen molar-refractivity contribution in [2.45, 2.75) is 12.4 Å². The van der Waals surface area contributed by atoms with Crippen LogP contribution in [-0.2, 0) is 14.8 Å². The third kappa shape index (κ3) is 5.58. The molecule has 1 aliphatic heterocycles. The molecule has 1 aliphatic rings. The summed E-state index contributed by atoms with van der Waals surface area (Å²) >= 11 is 0. The Morgan fingerprint density at radius 2 is 2.04 bits per heavy atom. The molecule has 1 N–H and O–H groups in total. The largest absolute Gasteiger partial charge is 0.573 e. The van der Waals surface area contributed by atoms with E-state index in [1.54, 1.807) is 0 Å². The molecule has 146 valence electrons. The molecule has 0 aromatic heterocycles. The van der Waals surface area contributed by atoms with E-state index in [-0.39, 0.29) is 24.5 Å². The summed E-state index contributed by atoms with van der Waals surface area (Å²) in [6.45, 7) is 0.285. The third-order valence-electron chi connectivity index (χ3n) is 3.83. The van der Waals surface area contributed by atoms with Crippen molar-refractivity contribution < 1.29 is 35.9 Å². The van der Waals surface area contributed by atoms with Gasteiger partial charge in [0, 0.05) is 25.6 Å². The van der Waals surface area contributed by atoms with Crippen molar-refractivity contribution in [1.29, 1.82) is 0 Å². The first-order chi connectivity index (χ1) is 12.0. The molecule has 1 aromatic carbocycles. The number of amides is 1. The van der Waals surface area contributed by atoms with Gasteiger partial charge in [0.25, 0.3) is 5.91 Å². The Balaban J connectivity index is 2.06. The van der Waals surface area contributed by atoms with Crippen LogP contribution in [0.1, 0.15) is 10.4 Å². The maximum absolute atomic E-state index is 12.3. The molecule has 1 saturated heterocycles. The van der Waals surface area contributed by atoms with Gasteiger partial charge in [0.05, 0.1) is 25.0 Å². The highest BCUT2D eigenvalue weighted by Gasteiger charge is 2.35. The lowest BCUT2D eigenvalue weighted by Gasteiger charge is -2.21. The molecule has 1 amide bonds. The molecular weight excluding hydrogens is 377 g/mol. The zero-order valence-electron chi connectivity index (χ0n) is 14.1. The summed E-state index contributed by atoms with van der Waals surface area (Å²) in [5.74, 6) is -1.82. The number of carbonyl (C=O) groups is 1. The van der Waals surface area contributed by atoms with Crippen LogP contribution in [0.3, 0.4) is 0 Å². The fourth-order valence-corrected chi connectivity index (χ4v) is 3.60. The van der Waals surface area contributed by atoms with E-state index in [2.05, 4.69) is 10.1 Å². The van der Waals surface area contributed by atoms with Gasteiger partial charge in [-0.15, -0.1) is 13.2 Å². The number of nitrogens with zero attached hydrogens (tertiary/aromatic N) is 1. The average Bonchev–Trinajstić information content (AvgIpc) is 2.92. The second-order valence-corrected chi connectivity index (χ2v) is 8.24. The van der Waals surface area contributed by atoms with Gasteiger partial charge in [0.1, 0.15) is 5.75 Å². The number of carbonyl (C=O) groups excluding carboxylic acids is 1. The minimum absolute atomic E-state index is 0.0344. The Bertz CT molecular complexity index is 752. The Hall–Kier alpha value is -1.85. The van der Waals surface area contributed by atoms with Crippen LogP contribution < -0.4 is 10.1 Å². The second kappa shape index (κ2) is 7.80. The van der Waals surface area contributed by atoms with Crippen LogP contribution in [0.25, 0.3) is 0 Å². The standard InChI is InChI=1S/C15H19F3N2O5S/c1-20(2)26(22,23)9-11-7-24-8-13(11)19-14(21)10-4-3-5-12(6-10)25-15(16,17)18/h3-6,11,13H,7-9H2,1-2H3,(H,19,21)/t11-,13+/m0/s1. The van der Waals surface area contributed by atoms with E-state index in [1.165, 1.54) is 26.2 Å². The first-order valence-electron chi connectivity index (χ1n) is 7.62. The smallest absolute Gasteiger partial charge is 0.406 e. The van der Waals surface area contributed by atoms with Crippen LogP contribution in [0.5, 0.6) is 5.75 Å². The fraction of sp³-hybridized carbons (Fsp3) is 0.533. The maximum Gasteiger partial charge on any atom is 0.573 e. The van der Waals surface area contributed by atoms with Gasteiger partial charge in [-0.25, -0.2) is 12.7 Å². The number of hydrogen-bond acceptors (Lipinski definition) is 5. The Morgan fingerprint density at radius 3 is 2.65 bits per heavy atom. The van der Waals surface area contributed by atoms with E-state index in [0.717, 1.165) is 16.4 Å². The third-order valence-corrected chi connectivity index (χ3v) is 5.79. The van der Waals surface area contributed by atoms with Gasteiger partial charge in [-0.05, 0) is 18.2 Å². The summed E-state index contributed by atoms with van der Waals surface area (Å²) in [5.41, 5.74) is -0.0344. The molecule has 26 heavy (non-hydrogen) atoms. The molecule has 1 aromatic rings. The lowest BCUT2D eigenvalue weighted by atomic mass is 10.1. The van der Waals surface area contributed by atoms with Crippen LogP contribution in [0.2, 0.25) is 0 Å². The molecule has 2 rings (SSSR count). The van der Waals surface area contributed by atoms with Crippen LogP contribution in [-0.4, -0.2) is 64.1 Å². The number of rotatable bonds is 6. The molecule has 2 atom stereocenters. The van der Waals surface area contributed by atoms with Crippen LogP contribution >= 0.6 is 0 Å². The van der Waals surface area contributed by atoms with E-state index >= 15 is 0 Å². The molecule has 7 nitrogen and oxygen atoms in total. The van der Waals surface area contributed by atoms with Gasteiger partial charge in [0.15, 0.2) is 0 Å². The summed E-state index contributed by atoms with van der Waals surface area (Å²) in [4.78, 5) is 12.3. The van der Waals surface area contributed by atoms with Crippen molar-refractivity contribution in [2.24, 2.45) is 5.92 Å². The van der Waals surface area contributed by atoms with Crippen molar-refractivity contribution in [3.63, 3.8) is 0 Å². The van der Waals surface area contributed by atoms with Crippen LogP contribution in [0.4, 0.5) is 13.2 Å². The maximum atomic E-state index is 12.3. The molecule has 1 heterocycles. The highest BCUT2D eigenvalue weighted by atomic mass is 32.2. The lowest BCUT2D eigenvalue weighted by Crippen LogP contribution is -2.43. The van der Waals surface area contributed by atoms with E-state index in [9.17, 15) is 26.4 Å². The van der Waals surface area contributed by atoms with Gasteiger partial charge in [-0.3, -0.25) is 4.79 Å². The number of hydrogen-bond donors (Lipinski definition) is 1. The number of ether oxygens (including phenoxy) is 2.